The number of hydrogen-bond donors (Lipinski definition) is 1. The molecule has 2 saturated heterocycles. The number of aromatic nitrogens is 4. The molecular weight excluding hydrogens is 591 g/mol. The van der Waals surface area contributed by atoms with E-state index in [1.165, 1.54) is 41.5 Å². The summed E-state index contributed by atoms with van der Waals surface area (Å²) in [5.41, 5.74) is 9.05. The van der Waals surface area contributed by atoms with Gasteiger partial charge in [-0.2, -0.15) is 0 Å². The van der Waals surface area contributed by atoms with Gasteiger partial charge in [-0.05, 0) is 60.2 Å². The van der Waals surface area contributed by atoms with Crippen LogP contribution in [-0.4, -0.2) is 59.4 Å². The average Bonchev–Trinajstić information content (AvgIpc) is 3.20. The van der Waals surface area contributed by atoms with Crippen LogP contribution in [0.15, 0.2) is 134 Å². The molecule has 48 heavy (non-hydrogen) atoms. The van der Waals surface area contributed by atoms with Gasteiger partial charge in [-0.15, -0.1) is 10.2 Å². The van der Waals surface area contributed by atoms with Crippen LogP contribution in [0.25, 0.3) is 44.6 Å². The van der Waals surface area contributed by atoms with Crippen LogP contribution in [0.1, 0.15) is 19.3 Å². The smallest absolute Gasteiger partial charge is 0.159 e. The Morgan fingerprint density at radius 1 is 0.479 bits per heavy atom. The number of benzene rings is 3. The summed E-state index contributed by atoms with van der Waals surface area (Å²) in [5, 5.41) is 12.4. The van der Waals surface area contributed by atoms with Crippen molar-refractivity contribution in [3.05, 3.63) is 134 Å². The van der Waals surface area contributed by atoms with E-state index < -0.39 is 0 Å². The van der Waals surface area contributed by atoms with Crippen LogP contribution in [0.3, 0.4) is 0 Å². The molecule has 0 amide bonds. The number of rotatable bonds is 6. The van der Waals surface area contributed by atoms with E-state index in [2.05, 4.69) is 115 Å². The summed E-state index contributed by atoms with van der Waals surface area (Å²) < 4.78 is 0. The van der Waals surface area contributed by atoms with Gasteiger partial charge in [-0.25, -0.2) is 4.98 Å². The number of pyridine rings is 2. The second kappa shape index (κ2) is 15.5. The summed E-state index contributed by atoms with van der Waals surface area (Å²) in [6.45, 7) is 6.04. The Balaban J connectivity index is 0.000000152. The first kappa shape index (κ1) is 31.2. The molecule has 1 N–H and O–H groups in total. The van der Waals surface area contributed by atoms with Gasteiger partial charge in [0.2, 0.25) is 0 Å². The van der Waals surface area contributed by atoms with Crippen LogP contribution < -0.4 is 15.1 Å². The van der Waals surface area contributed by atoms with E-state index in [-0.39, 0.29) is 0 Å². The molecule has 0 atom stereocenters. The van der Waals surface area contributed by atoms with Crippen LogP contribution in [0.4, 0.5) is 11.6 Å². The van der Waals surface area contributed by atoms with E-state index in [1.807, 2.05) is 48.9 Å². The predicted molar refractivity (Wildman–Crippen MR) is 197 cm³/mol. The fourth-order valence-corrected chi connectivity index (χ4v) is 6.42. The lowest BCUT2D eigenvalue weighted by molar-refractivity contribution is 0.574. The molecule has 0 saturated carbocycles. The first-order chi connectivity index (χ1) is 23.8. The van der Waals surface area contributed by atoms with E-state index in [4.69, 9.17) is 4.98 Å². The third-order valence-electron chi connectivity index (χ3n) is 8.97. The summed E-state index contributed by atoms with van der Waals surface area (Å²) in [4.78, 5) is 13.8. The molecule has 240 valence electrons. The molecule has 2 aliphatic rings. The van der Waals surface area contributed by atoms with Crippen molar-refractivity contribution < 1.29 is 0 Å². The lowest BCUT2D eigenvalue weighted by Crippen LogP contribution is -2.44. The van der Waals surface area contributed by atoms with Gasteiger partial charge in [-0.3, -0.25) is 4.98 Å². The van der Waals surface area contributed by atoms with Gasteiger partial charge >= 0.3 is 0 Å². The van der Waals surface area contributed by atoms with Crippen LogP contribution in [0, 0.1) is 0 Å². The number of piperidine rings is 1. The zero-order valence-electron chi connectivity index (χ0n) is 27.2. The molecule has 6 aromatic rings. The molecule has 2 aliphatic heterocycles. The zero-order chi connectivity index (χ0) is 32.4. The van der Waals surface area contributed by atoms with Crippen molar-refractivity contribution in [3.63, 3.8) is 0 Å². The Morgan fingerprint density at radius 3 is 1.71 bits per heavy atom. The summed E-state index contributed by atoms with van der Waals surface area (Å²) >= 11 is 0. The monoisotopic (exact) mass is 631 g/mol. The van der Waals surface area contributed by atoms with E-state index >= 15 is 0 Å². The minimum atomic E-state index is 0.890. The standard InChI is InChI=1S/C22H22N2.C19H19N5/c1-4-10-18(11-5-1)20-16-21(19-12-6-2-7-13-19)22(23-17-20)24-14-8-3-9-15-24;1-2-4-16(5-3-1)18-14-17(15-6-8-20-9-7-15)19(23-22-18)24-12-10-21-11-13-24/h1-2,4-7,10-13,16-17H,3,8-9,14-15H2;1-9,14,21H,10-13H2. The van der Waals surface area contributed by atoms with Gasteiger partial charge in [0.1, 0.15) is 5.82 Å². The maximum atomic E-state index is 4.88. The highest BCUT2D eigenvalue weighted by Gasteiger charge is 2.19. The zero-order valence-corrected chi connectivity index (χ0v) is 27.2. The highest BCUT2D eigenvalue weighted by molar-refractivity contribution is 5.81. The van der Waals surface area contributed by atoms with E-state index in [0.29, 0.717) is 0 Å². The van der Waals surface area contributed by atoms with Crippen molar-refractivity contribution >= 4 is 11.6 Å². The first-order valence-corrected chi connectivity index (χ1v) is 17.0. The molecular formula is C41H41N7. The molecule has 8 rings (SSSR count). The normalized spacial score (nSPS) is 14.6. The Morgan fingerprint density at radius 2 is 1.04 bits per heavy atom. The minimum absolute atomic E-state index is 0.890. The van der Waals surface area contributed by atoms with Gasteiger partial charge < -0.3 is 15.1 Å². The predicted octanol–water partition coefficient (Wildman–Crippen LogP) is 8.02. The maximum Gasteiger partial charge on any atom is 0.159 e. The van der Waals surface area contributed by atoms with Gasteiger partial charge in [0.05, 0.1) is 5.69 Å². The van der Waals surface area contributed by atoms with Crippen LogP contribution in [0.2, 0.25) is 0 Å². The summed E-state index contributed by atoms with van der Waals surface area (Å²) in [6, 6.07) is 39.8. The van der Waals surface area contributed by atoms with Crippen LogP contribution in [0.5, 0.6) is 0 Å². The average molecular weight is 632 g/mol. The quantitative estimate of drug-likeness (QED) is 0.200. The third kappa shape index (κ3) is 7.42. The van der Waals surface area contributed by atoms with Gasteiger partial charge in [0.15, 0.2) is 5.82 Å². The van der Waals surface area contributed by atoms with Gasteiger partial charge in [0.25, 0.3) is 0 Å². The minimum Gasteiger partial charge on any atom is -0.356 e. The van der Waals surface area contributed by atoms with Gasteiger partial charge in [-0.1, -0.05) is 91.0 Å². The van der Waals surface area contributed by atoms with Crippen molar-refractivity contribution in [2.24, 2.45) is 0 Å². The van der Waals surface area contributed by atoms with E-state index in [9.17, 15) is 0 Å². The molecule has 3 aromatic heterocycles. The molecule has 0 unspecified atom stereocenters. The number of piperazine rings is 1. The van der Waals surface area contributed by atoms with Crippen molar-refractivity contribution in [3.8, 4) is 44.6 Å². The summed E-state index contributed by atoms with van der Waals surface area (Å²) in [5.74, 6) is 2.07. The Labute approximate surface area is 283 Å². The number of hydrogen-bond acceptors (Lipinski definition) is 7. The molecule has 5 heterocycles. The van der Waals surface area contributed by atoms with Crippen molar-refractivity contribution in [1.29, 1.82) is 0 Å². The number of nitrogens with one attached hydrogen (secondary N) is 1. The molecule has 3 aromatic carbocycles. The molecule has 2 fully saturated rings. The van der Waals surface area contributed by atoms with Gasteiger partial charge in [0, 0.05) is 80.1 Å². The summed E-state index contributed by atoms with van der Waals surface area (Å²) in [7, 11) is 0. The van der Waals surface area contributed by atoms with Crippen LogP contribution >= 0.6 is 0 Å². The fourth-order valence-electron chi connectivity index (χ4n) is 6.42. The number of anilines is 2. The highest BCUT2D eigenvalue weighted by atomic mass is 15.3. The van der Waals surface area contributed by atoms with Crippen molar-refractivity contribution in [2.45, 2.75) is 19.3 Å². The van der Waals surface area contributed by atoms with Crippen molar-refractivity contribution in [2.75, 3.05) is 49.1 Å². The molecule has 7 heteroatoms. The van der Waals surface area contributed by atoms with E-state index in [0.717, 1.165) is 73.3 Å². The second-order valence-electron chi connectivity index (χ2n) is 12.2. The Bertz CT molecular complexity index is 1730. The third-order valence-corrected chi connectivity index (χ3v) is 8.97. The molecule has 0 radical (unpaired) electrons. The second-order valence-corrected chi connectivity index (χ2v) is 12.2. The molecule has 7 nitrogen and oxygen atoms in total. The molecule has 0 spiro atoms. The SMILES string of the molecule is c1ccc(-c2cc(-c3ccncc3)c(N3CCNCC3)nn2)cc1.c1ccc(-c2cnc(N3CCCCC3)c(-c3ccccc3)c2)cc1. The lowest BCUT2D eigenvalue weighted by Gasteiger charge is -2.29. The number of nitrogens with zero attached hydrogens (tertiary/aromatic N) is 6. The fraction of sp³-hybridized carbons (Fsp3) is 0.220. The maximum absolute atomic E-state index is 4.88. The Hall–Kier alpha value is -5.40. The Kier molecular flexibility index (Phi) is 10.1. The first-order valence-electron chi connectivity index (χ1n) is 17.0. The molecule has 0 aliphatic carbocycles. The molecule has 0 bridgehead atoms. The summed E-state index contributed by atoms with van der Waals surface area (Å²) in [6.07, 6.45) is 9.51. The lowest BCUT2D eigenvalue weighted by atomic mass is 10.00. The van der Waals surface area contributed by atoms with E-state index in [1.54, 1.807) is 0 Å². The largest absolute Gasteiger partial charge is 0.356 e. The topological polar surface area (TPSA) is 70.1 Å². The highest BCUT2D eigenvalue weighted by Crippen LogP contribution is 2.35. The van der Waals surface area contributed by atoms with Crippen LogP contribution in [-0.2, 0) is 0 Å². The van der Waals surface area contributed by atoms with Crippen molar-refractivity contribution in [1.82, 2.24) is 25.5 Å².